The topological polar surface area (TPSA) is 107 Å². The van der Waals surface area contributed by atoms with Crippen LogP contribution < -0.4 is 0 Å². The summed E-state index contributed by atoms with van der Waals surface area (Å²) in [6, 6.07) is 0. The van der Waals surface area contributed by atoms with Crippen molar-refractivity contribution in [1.29, 1.82) is 0 Å². The third-order valence-corrected chi connectivity index (χ3v) is 12.1. The maximum Gasteiger partial charge on any atom is 0.306 e. The first-order chi connectivity index (χ1) is 17.0. The third-order valence-electron chi connectivity index (χ3n) is 12.1. The maximum absolute atomic E-state index is 12.9. The number of rotatable bonds is 6. The number of ketones is 1. The predicted octanol–water partition coefficient (Wildman–Crippen LogP) is 5.29. The van der Waals surface area contributed by atoms with E-state index >= 15 is 0 Å². The molecule has 0 aromatic carbocycles. The van der Waals surface area contributed by atoms with Crippen LogP contribution >= 0.6 is 0 Å². The van der Waals surface area contributed by atoms with Gasteiger partial charge in [0.15, 0.2) is 0 Å². The molecule has 0 spiro atoms. The Morgan fingerprint density at radius 3 is 2.35 bits per heavy atom. The van der Waals surface area contributed by atoms with Gasteiger partial charge in [0.1, 0.15) is 17.5 Å². The highest BCUT2D eigenvalue weighted by Gasteiger charge is 2.65. The molecule has 3 N–H and O–H groups in total. The number of epoxide rings is 1. The number of carboxylic acid groups (broad SMARTS) is 1. The molecule has 37 heavy (non-hydrogen) atoms. The number of carboxylic acids is 1. The van der Waals surface area contributed by atoms with Crippen molar-refractivity contribution in [3.8, 4) is 0 Å². The Balaban J connectivity index is 1.44. The summed E-state index contributed by atoms with van der Waals surface area (Å²) in [7, 11) is 0. The van der Waals surface area contributed by atoms with E-state index in [0.717, 1.165) is 32.1 Å². The molecule has 0 radical (unpaired) electrons. The quantitative estimate of drug-likeness (QED) is 0.327. The largest absolute Gasteiger partial charge is 0.481 e. The van der Waals surface area contributed by atoms with Gasteiger partial charge in [0.25, 0.3) is 0 Å². The lowest BCUT2D eigenvalue weighted by atomic mass is 9.40. The Hall–Kier alpha value is -1.24. The van der Waals surface area contributed by atoms with E-state index in [0.29, 0.717) is 36.9 Å². The smallest absolute Gasteiger partial charge is 0.306 e. The minimum Gasteiger partial charge on any atom is -0.481 e. The van der Waals surface area contributed by atoms with Gasteiger partial charge in [-0.05, 0) is 93.3 Å². The van der Waals surface area contributed by atoms with Gasteiger partial charge in [-0.25, -0.2) is 0 Å². The number of aliphatic hydroxyl groups is 2. The molecule has 5 aliphatic rings. The molecule has 9 atom stereocenters. The van der Waals surface area contributed by atoms with Gasteiger partial charge in [0.2, 0.25) is 0 Å². The Morgan fingerprint density at radius 2 is 1.76 bits per heavy atom. The summed E-state index contributed by atoms with van der Waals surface area (Å²) in [5.74, 6) is 0.252. The molecule has 4 aliphatic carbocycles. The molecule has 5 rings (SSSR count). The molecule has 2 unspecified atom stereocenters. The fraction of sp³-hybridized carbons (Fsp3) is 0.871. The number of allylic oxidation sites excluding steroid dienone is 1. The van der Waals surface area contributed by atoms with Gasteiger partial charge in [0.05, 0.1) is 18.1 Å². The monoisotopic (exact) mass is 516 g/mol. The molecule has 0 aromatic rings. The molecule has 1 heterocycles. The number of aliphatic hydroxyl groups excluding tert-OH is 1. The summed E-state index contributed by atoms with van der Waals surface area (Å²) in [4.78, 5) is 24.5. The maximum atomic E-state index is 12.9. The third kappa shape index (κ3) is 3.98. The molecule has 1 aliphatic heterocycles. The number of hydrogen-bond acceptors (Lipinski definition) is 5. The lowest BCUT2D eigenvalue weighted by molar-refractivity contribution is -0.176. The fourth-order valence-corrected chi connectivity index (χ4v) is 10.3. The van der Waals surface area contributed by atoms with Crippen LogP contribution in [0.15, 0.2) is 11.1 Å². The lowest BCUT2D eigenvalue weighted by Crippen LogP contribution is -2.61. The summed E-state index contributed by atoms with van der Waals surface area (Å²) in [6.45, 7) is 14.9. The normalized spacial score (nSPS) is 44.4. The zero-order valence-corrected chi connectivity index (χ0v) is 23.9. The number of Topliss-reactive ketones (excluding diaryl/α,β-unsaturated/α-hetero) is 1. The van der Waals surface area contributed by atoms with Crippen molar-refractivity contribution in [2.45, 2.75) is 130 Å². The molecule has 4 fully saturated rings. The molecule has 0 aromatic heterocycles. The number of carbonyl (C=O) groups excluding carboxylic acids is 1. The van der Waals surface area contributed by atoms with E-state index in [-0.39, 0.29) is 34.5 Å². The average Bonchev–Trinajstić information content (AvgIpc) is 3.29. The van der Waals surface area contributed by atoms with Gasteiger partial charge >= 0.3 is 5.97 Å². The molecule has 0 amide bonds. The highest BCUT2D eigenvalue weighted by atomic mass is 16.6. The van der Waals surface area contributed by atoms with E-state index in [9.17, 15) is 24.9 Å². The molecular weight excluding hydrogens is 468 g/mol. The van der Waals surface area contributed by atoms with Gasteiger partial charge in [-0.2, -0.15) is 0 Å². The van der Waals surface area contributed by atoms with Crippen molar-refractivity contribution < 1.29 is 29.6 Å². The summed E-state index contributed by atoms with van der Waals surface area (Å²) in [5, 5.41) is 32.8. The standard InChI is InChI=1S/C31H48O6/c1-17(15-31(36,16-24(34)35)26-28(4,5)37-26)18-10-12-29(6)19-8-9-22-27(2,3)23(33)11-13-30(22,7)25(19)21(32)14-20(18)29/h17,19,21-22,25-26,32,36H,8-16H2,1-7H3,(H,34,35)/t17-,19+,21+,22?,25+,26?,29-,30+,31+/m1/s1. The van der Waals surface area contributed by atoms with E-state index in [2.05, 4.69) is 34.6 Å². The highest BCUT2D eigenvalue weighted by Crippen LogP contribution is 2.69. The average molecular weight is 517 g/mol. The lowest BCUT2D eigenvalue weighted by Gasteiger charge is -2.64. The molecule has 1 saturated heterocycles. The van der Waals surface area contributed by atoms with E-state index < -0.39 is 29.4 Å². The van der Waals surface area contributed by atoms with Crippen LogP contribution in [0.25, 0.3) is 0 Å². The van der Waals surface area contributed by atoms with Crippen LogP contribution in [0.4, 0.5) is 0 Å². The number of hydrogen-bond donors (Lipinski definition) is 3. The van der Waals surface area contributed by atoms with Crippen LogP contribution in [0, 0.1) is 39.9 Å². The molecule has 6 heteroatoms. The van der Waals surface area contributed by atoms with Crippen molar-refractivity contribution in [3.05, 3.63) is 11.1 Å². The fourth-order valence-electron chi connectivity index (χ4n) is 10.3. The first kappa shape index (κ1) is 27.3. The second-order valence-corrected chi connectivity index (χ2v) is 15.0. The van der Waals surface area contributed by atoms with E-state index in [1.54, 1.807) is 0 Å². The van der Waals surface area contributed by atoms with Gasteiger partial charge in [-0.3, -0.25) is 9.59 Å². The number of ether oxygens (including phenoxy) is 1. The Bertz CT molecular complexity index is 1030. The predicted molar refractivity (Wildman–Crippen MR) is 141 cm³/mol. The van der Waals surface area contributed by atoms with Crippen molar-refractivity contribution in [2.24, 2.45) is 39.9 Å². The number of aliphatic carboxylic acids is 1. The van der Waals surface area contributed by atoms with Gasteiger partial charge in [0, 0.05) is 11.8 Å². The van der Waals surface area contributed by atoms with Crippen molar-refractivity contribution in [1.82, 2.24) is 0 Å². The Labute approximate surface area is 222 Å². The van der Waals surface area contributed by atoms with Crippen LogP contribution in [0.1, 0.15) is 106 Å². The minimum atomic E-state index is -1.41. The highest BCUT2D eigenvalue weighted by molar-refractivity contribution is 5.85. The zero-order chi connectivity index (χ0) is 27.3. The Kier molecular flexibility index (Phi) is 6.19. The van der Waals surface area contributed by atoms with Gasteiger partial charge in [-0.15, -0.1) is 0 Å². The zero-order valence-electron chi connectivity index (χ0n) is 23.9. The number of fused-ring (bicyclic) bond motifs is 5. The van der Waals surface area contributed by atoms with Gasteiger partial charge in [-0.1, -0.05) is 45.8 Å². The van der Waals surface area contributed by atoms with Crippen LogP contribution in [0.3, 0.4) is 0 Å². The summed E-state index contributed by atoms with van der Waals surface area (Å²) < 4.78 is 5.74. The molecule has 6 nitrogen and oxygen atoms in total. The van der Waals surface area contributed by atoms with E-state index in [1.165, 1.54) is 11.1 Å². The van der Waals surface area contributed by atoms with Gasteiger partial charge < -0.3 is 20.1 Å². The summed E-state index contributed by atoms with van der Waals surface area (Å²) in [5.41, 5.74) is 0.375. The SMILES string of the molecule is C[C@H](C[C@](O)(CC(=O)O)C1OC1(C)C)C1=C2C[C@H](O)[C@@H]3[C@H](CCC4C(C)(C)C(=O)CC[C@@]43C)[C@@]2(C)CC1. The van der Waals surface area contributed by atoms with Crippen LogP contribution in [0.2, 0.25) is 0 Å². The first-order valence-electron chi connectivity index (χ1n) is 14.5. The van der Waals surface area contributed by atoms with Crippen molar-refractivity contribution in [2.75, 3.05) is 0 Å². The first-order valence-corrected chi connectivity index (χ1v) is 14.5. The molecule has 3 saturated carbocycles. The molecule has 0 bridgehead atoms. The molecule has 208 valence electrons. The van der Waals surface area contributed by atoms with Crippen molar-refractivity contribution in [3.63, 3.8) is 0 Å². The van der Waals surface area contributed by atoms with Crippen LogP contribution in [-0.2, 0) is 14.3 Å². The summed E-state index contributed by atoms with van der Waals surface area (Å²) in [6.07, 6.45) is 5.28. The second kappa shape index (κ2) is 8.38. The van der Waals surface area contributed by atoms with Crippen molar-refractivity contribution >= 4 is 11.8 Å². The molecular formula is C31H48O6. The summed E-state index contributed by atoms with van der Waals surface area (Å²) >= 11 is 0. The Morgan fingerprint density at radius 1 is 1.11 bits per heavy atom. The van der Waals surface area contributed by atoms with E-state index in [1.807, 2.05) is 13.8 Å². The van der Waals surface area contributed by atoms with Crippen LogP contribution in [-0.4, -0.2) is 50.5 Å². The minimum absolute atomic E-state index is 0.00728. The number of carbonyl (C=O) groups is 2. The second-order valence-electron chi connectivity index (χ2n) is 15.0. The van der Waals surface area contributed by atoms with Crippen LogP contribution in [0.5, 0.6) is 0 Å². The van der Waals surface area contributed by atoms with E-state index in [4.69, 9.17) is 4.74 Å².